The van der Waals surface area contributed by atoms with Crippen LogP contribution in [0.5, 0.6) is 0 Å². The highest BCUT2D eigenvalue weighted by atomic mass is 16.5. The average Bonchev–Trinajstić information content (AvgIpc) is 3.19. The van der Waals surface area contributed by atoms with E-state index in [-0.39, 0.29) is 5.60 Å². The van der Waals surface area contributed by atoms with Crippen LogP contribution < -0.4 is 5.32 Å². The Morgan fingerprint density at radius 2 is 1.83 bits per heavy atom. The van der Waals surface area contributed by atoms with E-state index in [0.29, 0.717) is 0 Å². The van der Waals surface area contributed by atoms with E-state index in [1.165, 1.54) is 51.9 Å². The molecular formula is C15H30N2O. The number of hydrogen-bond donors (Lipinski definition) is 1. The molecule has 1 heterocycles. The summed E-state index contributed by atoms with van der Waals surface area (Å²) >= 11 is 0. The standard InChI is InChI=1S/C15H30N2O/c1-15(2,18-3)8-11-17-9-6-14(7-10-17)16-12-13-4-5-13/h13-14,16H,4-12H2,1-3H3. The van der Waals surface area contributed by atoms with Gasteiger partial charge in [-0.1, -0.05) is 0 Å². The first kappa shape index (κ1) is 14.3. The predicted octanol–water partition coefficient (Wildman–Crippen LogP) is 2.27. The number of methoxy groups -OCH3 is 1. The van der Waals surface area contributed by atoms with Crippen molar-refractivity contribution in [3.05, 3.63) is 0 Å². The molecule has 1 saturated carbocycles. The third-order valence-corrected chi connectivity index (χ3v) is 4.56. The lowest BCUT2D eigenvalue weighted by atomic mass is 10.0. The fourth-order valence-corrected chi connectivity index (χ4v) is 2.55. The molecule has 1 saturated heterocycles. The molecule has 0 radical (unpaired) electrons. The number of hydrogen-bond acceptors (Lipinski definition) is 3. The fraction of sp³-hybridized carbons (Fsp3) is 1.00. The minimum Gasteiger partial charge on any atom is -0.379 e. The van der Waals surface area contributed by atoms with E-state index in [0.717, 1.165) is 18.4 Å². The molecule has 0 unspecified atom stereocenters. The third-order valence-electron chi connectivity index (χ3n) is 4.56. The molecule has 1 aliphatic carbocycles. The van der Waals surface area contributed by atoms with Gasteiger partial charge < -0.3 is 15.0 Å². The summed E-state index contributed by atoms with van der Waals surface area (Å²) in [6.45, 7) is 9.30. The highest BCUT2D eigenvalue weighted by Gasteiger charge is 2.25. The van der Waals surface area contributed by atoms with Crippen molar-refractivity contribution in [2.75, 3.05) is 33.3 Å². The monoisotopic (exact) mass is 254 g/mol. The van der Waals surface area contributed by atoms with Crippen molar-refractivity contribution in [2.45, 2.75) is 57.6 Å². The zero-order valence-electron chi connectivity index (χ0n) is 12.4. The highest BCUT2D eigenvalue weighted by molar-refractivity contribution is 4.82. The maximum atomic E-state index is 5.48. The van der Waals surface area contributed by atoms with Gasteiger partial charge in [0.15, 0.2) is 0 Å². The van der Waals surface area contributed by atoms with Crippen LogP contribution in [-0.2, 0) is 4.74 Å². The number of nitrogens with one attached hydrogen (secondary N) is 1. The van der Waals surface area contributed by atoms with Crippen molar-refractivity contribution in [3.8, 4) is 0 Å². The summed E-state index contributed by atoms with van der Waals surface area (Å²) in [6.07, 6.45) is 6.68. The van der Waals surface area contributed by atoms with E-state index in [9.17, 15) is 0 Å². The van der Waals surface area contributed by atoms with Gasteiger partial charge in [-0.15, -0.1) is 0 Å². The van der Waals surface area contributed by atoms with E-state index in [1.807, 2.05) is 7.11 Å². The van der Waals surface area contributed by atoms with Crippen molar-refractivity contribution in [2.24, 2.45) is 5.92 Å². The first-order chi connectivity index (χ1) is 8.59. The molecule has 18 heavy (non-hydrogen) atoms. The number of nitrogens with zero attached hydrogens (tertiary/aromatic N) is 1. The van der Waals surface area contributed by atoms with Gasteiger partial charge >= 0.3 is 0 Å². The maximum absolute atomic E-state index is 5.48. The van der Waals surface area contributed by atoms with Gasteiger partial charge in [0.2, 0.25) is 0 Å². The lowest BCUT2D eigenvalue weighted by molar-refractivity contribution is 0.00546. The molecule has 0 aromatic heterocycles. The Labute approximate surface area is 112 Å². The molecule has 0 amide bonds. The summed E-state index contributed by atoms with van der Waals surface area (Å²) < 4.78 is 5.48. The smallest absolute Gasteiger partial charge is 0.0634 e. The van der Waals surface area contributed by atoms with Crippen LogP contribution in [0.15, 0.2) is 0 Å². The Balaban J connectivity index is 1.57. The lowest BCUT2D eigenvalue weighted by Gasteiger charge is -2.34. The van der Waals surface area contributed by atoms with Crippen LogP contribution in [-0.4, -0.2) is 49.8 Å². The fourth-order valence-electron chi connectivity index (χ4n) is 2.55. The summed E-state index contributed by atoms with van der Waals surface area (Å²) in [7, 11) is 1.81. The molecule has 0 spiro atoms. The Morgan fingerprint density at radius 1 is 1.17 bits per heavy atom. The molecule has 3 nitrogen and oxygen atoms in total. The minimum atomic E-state index is 0.0288. The predicted molar refractivity (Wildman–Crippen MR) is 75.9 cm³/mol. The quantitative estimate of drug-likeness (QED) is 0.754. The van der Waals surface area contributed by atoms with Gasteiger partial charge in [0, 0.05) is 19.7 Å². The molecule has 2 aliphatic rings. The number of piperidine rings is 1. The van der Waals surface area contributed by atoms with Crippen LogP contribution >= 0.6 is 0 Å². The maximum Gasteiger partial charge on any atom is 0.0634 e. The molecule has 3 heteroatoms. The van der Waals surface area contributed by atoms with Gasteiger partial charge in [-0.2, -0.15) is 0 Å². The SMILES string of the molecule is COC(C)(C)CCN1CCC(NCC2CC2)CC1. The molecule has 0 atom stereocenters. The van der Waals surface area contributed by atoms with Crippen LogP contribution in [0.4, 0.5) is 0 Å². The summed E-state index contributed by atoms with van der Waals surface area (Å²) in [5.74, 6) is 1.01. The second kappa shape index (κ2) is 6.36. The van der Waals surface area contributed by atoms with Gasteiger partial charge in [-0.05, 0) is 71.5 Å². The molecule has 2 fully saturated rings. The molecule has 2 rings (SSSR count). The number of rotatable bonds is 7. The van der Waals surface area contributed by atoms with Crippen LogP contribution in [0.2, 0.25) is 0 Å². The van der Waals surface area contributed by atoms with E-state index < -0.39 is 0 Å². The van der Waals surface area contributed by atoms with Crippen LogP contribution in [0.25, 0.3) is 0 Å². The molecule has 0 aromatic carbocycles. The van der Waals surface area contributed by atoms with Crippen molar-refractivity contribution in [1.82, 2.24) is 10.2 Å². The first-order valence-corrected chi connectivity index (χ1v) is 7.60. The molecule has 1 aliphatic heterocycles. The van der Waals surface area contributed by atoms with Crippen molar-refractivity contribution < 1.29 is 4.74 Å². The van der Waals surface area contributed by atoms with Crippen molar-refractivity contribution >= 4 is 0 Å². The van der Waals surface area contributed by atoms with E-state index in [2.05, 4.69) is 24.1 Å². The Hall–Kier alpha value is -0.120. The molecular weight excluding hydrogens is 224 g/mol. The van der Waals surface area contributed by atoms with Crippen molar-refractivity contribution in [1.29, 1.82) is 0 Å². The number of likely N-dealkylation sites (tertiary alicyclic amines) is 1. The van der Waals surface area contributed by atoms with Crippen LogP contribution in [0, 0.1) is 5.92 Å². The van der Waals surface area contributed by atoms with Gasteiger partial charge in [-0.25, -0.2) is 0 Å². The molecule has 106 valence electrons. The van der Waals surface area contributed by atoms with Gasteiger partial charge in [0.25, 0.3) is 0 Å². The van der Waals surface area contributed by atoms with Gasteiger partial charge in [-0.3, -0.25) is 0 Å². The molecule has 1 N–H and O–H groups in total. The normalized spacial score (nSPS) is 23.5. The van der Waals surface area contributed by atoms with E-state index in [1.54, 1.807) is 0 Å². The first-order valence-electron chi connectivity index (χ1n) is 7.60. The highest BCUT2D eigenvalue weighted by Crippen LogP contribution is 2.28. The zero-order valence-corrected chi connectivity index (χ0v) is 12.4. The molecule has 0 bridgehead atoms. The zero-order chi connectivity index (χ0) is 13.0. The Morgan fingerprint density at radius 3 is 2.39 bits per heavy atom. The second-order valence-electron chi connectivity index (χ2n) is 6.68. The summed E-state index contributed by atoms with van der Waals surface area (Å²) in [6, 6.07) is 0.775. The Bertz CT molecular complexity index is 243. The van der Waals surface area contributed by atoms with E-state index in [4.69, 9.17) is 4.74 Å². The lowest BCUT2D eigenvalue weighted by Crippen LogP contribution is -2.44. The number of ether oxygens (including phenoxy) is 1. The van der Waals surface area contributed by atoms with Gasteiger partial charge in [0.1, 0.15) is 0 Å². The van der Waals surface area contributed by atoms with Crippen LogP contribution in [0.1, 0.15) is 46.0 Å². The van der Waals surface area contributed by atoms with Crippen molar-refractivity contribution in [3.63, 3.8) is 0 Å². The summed E-state index contributed by atoms with van der Waals surface area (Å²) in [5, 5.41) is 3.74. The minimum absolute atomic E-state index is 0.0288. The summed E-state index contributed by atoms with van der Waals surface area (Å²) in [4.78, 5) is 2.59. The second-order valence-corrected chi connectivity index (χ2v) is 6.68. The third kappa shape index (κ3) is 4.87. The summed E-state index contributed by atoms with van der Waals surface area (Å²) in [5.41, 5.74) is 0.0288. The largest absolute Gasteiger partial charge is 0.379 e. The average molecular weight is 254 g/mol. The van der Waals surface area contributed by atoms with E-state index >= 15 is 0 Å². The topological polar surface area (TPSA) is 24.5 Å². The van der Waals surface area contributed by atoms with Gasteiger partial charge in [0.05, 0.1) is 5.60 Å². The Kier molecular flexibility index (Phi) is 5.05. The molecule has 0 aromatic rings. The van der Waals surface area contributed by atoms with Crippen LogP contribution in [0.3, 0.4) is 0 Å².